The van der Waals surface area contributed by atoms with E-state index < -0.39 is 0 Å². The molecule has 1 aliphatic carbocycles. The Morgan fingerprint density at radius 3 is 2.70 bits per heavy atom. The van der Waals surface area contributed by atoms with Crippen molar-refractivity contribution in [1.29, 1.82) is 0 Å². The topological polar surface area (TPSA) is 55.0 Å². The zero-order chi connectivity index (χ0) is 14.3. The van der Waals surface area contributed by atoms with E-state index in [1.807, 2.05) is 0 Å². The monoisotopic (exact) mass is 274 g/mol. The van der Waals surface area contributed by atoms with Crippen LogP contribution in [0, 0.1) is 5.92 Å². The molecule has 0 saturated carbocycles. The number of piperidine rings is 1. The van der Waals surface area contributed by atoms with Crippen LogP contribution in [0.4, 0.5) is 5.95 Å². The number of hydrogen-bond acceptors (Lipinski definition) is 4. The highest BCUT2D eigenvalue weighted by Gasteiger charge is 2.36. The third-order valence-corrected chi connectivity index (χ3v) is 5.05. The minimum atomic E-state index is 0.222. The molecule has 0 amide bonds. The summed E-state index contributed by atoms with van der Waals surface area (Å²) in [6.07, 6.45) is 5.57. The molecular weight excluding hydrogens is 248 g/mol. The third-order valence-electron chi connectivity index (χ3n) is 5.05. The van der Waals surface area contributed by atoms with Gasteiger partial charge in [-0.05, 0) is 48.6 Å². The molecule has 1 aromatic heterocycles. The summed E-state index contributed by atoms with van der Waals surface area (Å²) in [6, 6.07) is 0. The van der Waals surface area contributed by atoms with Gasteiger partial charge in [0.05, 0.1) is 5.69 Å². The zero-order valence-electron chi connectivity index (χ0n) is 12.9. The number of rotatable bonds is 2. The first kappa shape index (κ1) is 13.8. The van der Waals surface area contributed by atoms with Gasteiger partial charge in [-0.25, -0.2) is 9.97 Å². The van der Waals surface area contributed by atoms with Crippen LogP contribution in [0.2, 0.25) is 0 Å². The molecule has 1 fully saturated rings. The van der Waals surface area contributed by atoms with Gasteiger partial charge in [0, 0.05) is 19.3 Å². The molecule has 2 N–H and O–H groups in total. The van der Waals surface area contributed by atoms with Crippen LogP contribution in [0.1, 0.15) is 57.2 Å². The number of nitrogens with two attached hydrogens (primary N) is 1. The lowest BCUT2D eigenvalue weighted by atomic mass is 9.87. The van der Waals surface area contributed by atoms with Crippen molar-refractivity contribution in [2.24, 2.45) is 11.7 Å². The summed E-state index contributed by atoms with van der Waals surface area (Å²) in [4.78, 5) is 11.9. The Morgan fingerprint density at radius 1 is 1.35 bits per heavy atom. The molecule has 0 aromatic carbocycles. The van der Waals surface area contributed by atoms with E-state index in [9.17, 15) is 0 Å². The number of nitrogens with zero attached hydrogens (tertiary/aromatic N) is 3. The average Bonchev–Trinajstić information content (AvgIpc) is 2.68. The molecule has 3 rings (SSSR count). The van der Waals surface area contributed by atoms with Crippen molar-refractivity contribution in [3.05, 3.63) is 17.5 Å². The van der Waals surface area contributed by atoms with Gasteiger partial charge in [-0.2, -0.15) is 0 Å². The summed E-state index contributed by atoms with van der Waals surface area (Å²) >= 11 is 0. The Balaban J connectivity index is 1.82. The molecule has 2 heterocycles. The van der Waals surface area contributed by atoms with Crippen LogP contribution in [-0.2, 0) is 5.41 Å². The fourth-order valence-corrected chi connectivity index (χ4v) is 3.78. The molecule has 4 nitrogen and oxygen atoms in total. The SMILES string of the molecule is CC1CC(C)(C)c2cnc(N3CCC(CN)CC3)nc21. The molecule has 1 aliphatic heterocycles. The van der Waals surface area contributed by atoms with E-state index >= 15 is 0 Å². The van der Waals surface area contributed by atoms with Crippen molar-refractivity contribution in [3.8, 4) is 0 Å². The largest absolute Gasteiger partial charge is 0.341 e. The maximum Gasteiger partial charge on any atom is 0.225 e. The lowest BCUT2D eigenvalue weighted by Crippen LogP contribution is -2.37. The highest BCUT2D eigenvalue weighted by atomic mass is 15.3. The van der Waals surface area contributed by atoms with Crippen LogP contribution < -0.4 is 10.6 Å². The Labute approximate surface area is 121 Å². The fraction of sp³-hybridized carbons (Fsp3) is 0.750. The molecule has 2 aliphatic rings. The summed E-state index contributed by atoms with van der Waals surface area (Å²) < 4.78 is 0. The van der Waals surface area contributed by atoms with Gasteiger partial charge >= 0.3 is 0 Å². The van der Waals surface area contributed by atoms with E-state index in [4.69, 9.17) is 10.7 Å². The van der Waals surface area contributed by atoms with E-state index in [1.165, 1.54) is 17.7 Å². The van der Waals surface area contributed by atoms with Crippen LogP contribution in [-0.4, -0.2) is 29.6 Å². The van der Waals surface area contributed by atoms with E-state index in [1.54, 1.807) is 0 Å². The van der Waals surface area contributed by atoms with Gasteiger partial charge in [0.25, 0.3) is 0 Å². The van der Waals surface area contributed by atoms with Gasteiger partial charge in [0.15, 0.2) is 0 Å². The van der Waals surface area contributed by atoms with Gasteiger partial charge in [0.2, 0.25) is 5.95 Å². The van der Waals surface area contributed by atoms with Crippen molar-refractivity contribution >= 4 is 5.95 Å². The first-order valence-corrected chi connectivity index (χ1v) is 7.83. The van der Waals surface area contributed by atoms with Crippen molar-refractivity contribution in [3.63, 3.8) is 0 Å². The number of fused-ring (bicyclic) bond motifs is 1. The molecule has 20 heavy (non-hydrogen) atoms. The first-order chi connectivity index (χ1) is 9.51. The van der Waals surface area contributed by atoms with Crippen LogP contribution >= 0.6 is 0 Å². The molecule has 0 bridgehead atoms. The minimum absolute atomic E-state index is 0.222. The molecule has 0 spiro atoms. The number of aromatic nitrogens is 2. The standard InChI is InChI=1S/C16H26N4/c1-11-8-16(2,3)13-10-18-15(19-14(11)13)20-6-4-12(9-17)5-7-20/h10-12H,4-9,17H2,1-3H3. The number of hydrogen-bond donors (Lipinski definition) is 1. The van der Waals surface area contributed by atoms with Crippen molar-refractivity contribution in [1.82, 2.24) is 9.97 Å². The molecule has 1 saturated heterocycles. The van der Waals surface area contributed by atoms with Crippen LogP contribution in [0.3, 0.4) is 0 Å². The highest BCUT2D eigenvalue weighted by Crippen LogP contribution is 2.44. The molecule has 4 heteroatoms. The van der Waals surface area contributed by atoms with Crippen molar-refractivity contribution in [2.75, 3.05) is 24.5 Å². The molecule has 110 valence electrons. The smallest absolute Gasteiger partial charge is 0.225 e. The lowest BCUT2D eigenvalue weighted by molar-refractivity contribution is 0.411. The van der Waals surface area contributed by atoms with E-state index in [0.29, 0.717) is 11.8 Å². The molecule has 1 atom stereocenters. The summed E-state index contributed by atoms with van der Waals surface area (Å²) in [7, 11) is 0. The van der Waals surface area contributed by atoms with E-state index in [2.05, 4.69) is 36.9 Å². The van der Waals surface area contributed by atoms with E-state index in [-0.39, 0.29) is 5.41 Å². The van der Waals surface area contributed by atoms with E-state index in [0.717, 1.165) is 38.4 Å². The summed E-state index contributed by atoms with van der Waals surface area (Å²) in [5.41, 5.74) is 8.58. The Hall–Kier alpha value is -1.16. The predicted molar refractivity (Wildman–Crippen MR) is 82.1 cm³/mol. The molecule has 1 aromatic rings. The Bertz CT molecular complexity index is 489. The Morgan fingerprint density at radius 2 is 2.05 bits per heavy atom. The maximum atomic E-state index is 5.76. The summed E-state index contributed by atoms with van der Waals surface area (Å²) in [5, 5.41) is 0. The van der Waals surface area contributed by atoms with Crippen LogP contribution in [0.25, 0.3) is 0 Å². The van der Waals surface area contributed by atoms with Crippen molar-refractivity contribution < 1.29 is 0 Å². The number of anilines is 1. The van der Waals surface area contributed by atoms with Crippen LogP contribution in [0.5, 0.6) is 0 Å². The normalized spacial score (nSPS) is 25.8. The Kier molecular flexibility index (Phi) is 3.44. The quantitative estimate of drug-likeness (QED) is 0.900. The lowest BCUT2D eigenvalue weighted by Gasteiger charge is -2.31. The second-order valence-corrected chi connectivity index (χ2v) is 7.12. The molecular formula is C16H26N4. The average molecular weight is 274 g/mol. The van der Waals surface area contributed by atoms with Crippen LogP contribution in [0.15, 0.2) is 6.20 Å². The first-order valence-electron chi connectivity index (χ1n) is 7.83. The van der Waals surface area contributed by atoms with Gasteiger partial charge in [-0.1, -0.05) is 20.8 Å². The van der Waals surface area contributed by atoms with Gasteiger partial charge in [-0.15, -0.1) is 0 Å². The van der Waals surface area contributed by atoms with Gasteiger partial charge < -0.3 is 10.6 Å². The van der Waals surface area contributed by atoms with Gasteiger partial charge in [-0.3, -0.25) is 0 Å². The summed E-state index contributed by atoms with van der Waals surface area (Å²) in [6.45, 7) is 9.77. The van der Waals surface area contributed by atoms with Gasteiger partial charge in [0.1, 0.15) is 0 Å². The molecule has 0 radical (unpaired) electrons. The zero-order valence-corrected chi connectivity index (χ0v) is 12.9. The fourth-order valence-electron chi connectivity index (χ4n) is 3.78. The highest BCUT2D eigenvalue weighted by molar-refractivity contribution is 5.41. The minimum Gasteiger partial charge on any atom is -0.341 e. The molecule has 1 unspecified atom stereocenters. The summed E-state index contributed by atoms with van der Waals surface area (Å²) in [5.74, 6) is 2.14. The second-order valence-electron chi connectivity index (χ2n) is 7.12. The second kappa shape index (κ2) is 4.99. The third kappa shape index (κ3) is 2.30. The predicted octanol–water partition coefficient (Wildman–Crippen LogP) is 2.44. The van der Waals surface area contributed by atoms with Crippen molar-refractivity contribution in [2.45, 2.75) is 51.4 Å². The maximum absolute atomic E-state index is 5.76.